The van der Waals surface area contributed by atoms with Crippen molar-refractivity contribution < 1.29 is 9.53 Å². The predicted molar refractivity (Wildman–Crippen MR) is 57.1 cm³/mol. The van der Waals surface area contributed by atoms with E-state index in [0.717, 1.165) is 6.42 Å². The Morgan fingerprint density at radius 2 is 2.43 bits per heavy atom. The molecule has 14 heavy (non-hydrogen) atoms. The van der Waals surface area contributed by atoms with E-state index in [1.54, 1.807) is 12.2 Å². The highest BCUT2D eigenvalue weighted by Gasteiger charge is 2.24. The first-order chi connectivity index (χ1) is 6.69. The third kappa shape index (κ3) is 2.55. The number of hydrogen-bond donors (Lipinski definition) is 0. The van der Waals surface area contributed by atoms with Crippen LogP contribution in [-0.2, 0) is 9.53 Å². The summed E-state index contributed by atoms with van der Waals surface area (Å²) in [6.45, 7) is 5.98. The highest BCUT2D eigenvalue weighted by atomic mass is 16.5. The molecular formula is C12H18O2. The first kappa shape index (κ1) is 11.2. The summed E-state index contributed by atoms with van der Waals surface area (Å²) < 4.78 is 5.69. The van der Waals surface area contributed by atoms with Gasteiger partial charge >= 0.3 is 0 Å². The number of carbonyl (C=O) groups is 1. The average molecular weight is 194 g/mol. The lowest BCUT2D eigenvalue weighted by Crippen LogP contribution is -2.31. The van der Waals surface area contributed by atoms with Crippen molar-refractivity contribution in [3.05, 3.63) is 23.8 Å². The number of rotatable bonds is 3. The van der Waals surface area contributed by atoms with Gasteiger partial charge in [0.05, 0.1) is 6.10 Å². The fraction of sp³-hybridized carbons (Fsp3) is 0.583. The molecule has 1 rings (SSSR count). The van der Waals surface area contributed by atoms with Crippen LogP contribution in [0.15, 0.2) is 23.8 Å². The Kier molecular flexibility index (Phi) is 4.08. The maximum atomic E-state index is 11.5. The fourth-order valence-electron chi connectivity index (χ4n) is 1.66. The molecular weight excluding hydrogens is 176 g/mol. The van der Waals surface area contributed by atoms with Crippen LogP contribution in [0.25, 0.3) is 0 Å². The third-order valence-corrected chi connectivity index (χ3v) is 2.51. The van der Waals surface area contributed by atoms with Crippen molar-refractivity contribution in [2.24, 2.45) is 0 Å². The molecule has 2 heteroatoms. The van der Waals surface area contributed by atoms with Gasteiger partial charge in [0.2, 0.25) is 0 Å². The lowest BCUT2D eigenvalue weighted by molar-refractivity contribution is -0.129. The normalized spacial score (nSPS) is 27.8. The second-order valence-corrected chi connectivity index (χ2v) is 3.61. The molecule has 0 aromatic heterocycles. The van der Waals surface area contributed by atoms with E-state index in [1.165, 1.54) is 5.57 Å². The minimum atomic E-state index is -0.264. The lowest BCUT2D eigenvalue weighted by atomic mass is 10.0. The standard InChI is InChI=1S/C12H18O2/c1-4-6-10(13)12-8-7-9(3)11(5-2)14-12/h4,6-7,11-12H,5,8H2,1-3H3/b6-4+/t11-,12-/m1/s1. The Balaban J connectivity index is 2.65. The van der Waals surface area contributed by atoms with Crippen LogP contribution in [-0.4, -0.2) is 18.0 Å². The molecule has 1 aliphatic rings. The van der Waals surface area contributed by atoms with Crippen molar-refractivity contribution in [2.75, 3.05) is 0 Å². The van der Waals surface area contributed by atoms with Gasteiger partial charge in [-0.05, 0) is 38.3 Å². The molecule has 0 N–H and O–H groups in total. The fourth-order valence-corrected chi connectivity index (χ4v) is 1.66. The van der Waals surface area contributed by atoms with E-state index in [4.69, 9.17) is 4.74 Å². The van der Waals surface area contributed by atoms with Crippen molar-refractivity contribution in [1.82, 2.24) is 0 Å². The van der Waals surface area contributed by atoms with Gasteiger partial charge in [-0.3, -0.25) is 4.79 Å². The summed E-state index contributed by atoms with van der Waals surface area (Å²) in [5, 5.41) is 0. The van der Waals surface area contributed by atoms with Crippen LogP contribution in [0.5, 0.6) is 0 Å². The molecule has 0 fully saturated rings. The minimum Gasteiger partial charge on any atom is -0.362 e. The van der Waals surface area contributed by atoms with Crippen molar-refractivity contribution in [1.29, 1.82) is 0 Å². The largest absolute Gasteiger partial charge is 0.362 e. The van der Waals surface area contributed by atoms with Gasteiger partial charge in [-0.15, -0.1) is 0 Å². The minimum absolute atomic E-state index is 0.0784. The van der Waals surface area contributed by atoms with Crippen LogP contribution >= 0.6 is 0 Å². The van der Waals surface area contributed by atoms with Crippen molar-refractivity contribution in [3.8, 4) is 0 Å². The van der Waals surface area contributed by atoms with E-state index >= 15 is 0 Å². The Morgan fingerprint density at radius 1 is 1.71 bits per heavy atom. The molecule has 0 unspecified atom stereocenters. The number of carbonyl (C=O) groups excluding carboxylic acids is 1. The Labute approximate surface area is 85.6 Å². The topological polar surface area (TPSA) is 26.3 Å². The third-order valence-electron chi connectivity index (χ3n) is 2.51. The zero-order valence-electron chi connectivity index (χ0n) is 9.12. The van der Waals surface area contributed by atoms with Gasteiger partial charge in [-0.2, -0.15) is 0 Å². The monoisotopic (exact) mass is 194 g/mol. The summed E-state index contributed by atoms with van der Waals surface area (Å²) in [7, 11) is 0. The summed E-state index contributed by atoms with van der Waals surface area (Å²) in [6, 6.07) is 0. The quantitative estimate of drug-likeness (QED) is 0.510. The number of hydrogen-bond acceptors (Lipinski definition) is 2. The van der Waals surface area contributed by atoms with Crippen molar-refractivity contribution in [3.63, 3.8) is 0 Å². The Bertz CT molecular complexity index is 263. The van der Waals surface area contributed by atoms with E-state index in [0.29, 0.717) is 6.42 Å². The molecule has 2 nitrogen and oxygen atoms in total. The highest BCUT2D eigenvalue weighted by molar-refractivity contribution is 5.93. The molecule has 0 bridgehead atoms. The van der Waals surface area contributed by atoms with E-state index in [2.05, 4.69) is 19.9 Å². The van der Waals surface area contributed by atoms with Gasteiger partial charge in [-0.1, -0.05) is 19.1 Å². The van der Waals surface area contributed by atoms with Crippen molar-refractivity contribution >= 4 is 5.78 Å². The van der Waals surface area contributed by atoms with E-state index in [1.807, 2.05) is 6.92 Å². The first-order valence-corrected chi connectivity index (χ1v) is 5.17. The second-order valence-electron chi connectivity index (χ2n) is 3.61. The van der Waals surface area contributed by atoms with Crippen LogP contribution in [0.2, 0.25) is 0 Å². The molecule has 2 atom stereocenters. The van der Waals surface area contributed by atoms with E-state index < -0.39 is 0 Å². The van der Waals surface area contributed by atoms with E-state index in [-0.39, 0.29) is 18.0 Å². The van der Waals surface area contributed by atoms with Gasteiger partial charge < -0.3 is 4.74 Å². The maximum absolute atomic E-state index is 11.5. The summed E-state index contributed by atoms with van der Waals surface area (Å²) >= 11 is 0. The number of ketones is 1. The summed E-state index contributed by atoms with van der Waals surface area (Å²) in [5.74, 6) is 0.0784. The Hall–Kier alpha value is -0.890. The molecule has 0 aromatic rings. The molecule has 0 saturated carbocycles. The van der Waals surface area contributed by atoms with E-state index in [9.17, 15) is 4.79 Å². The molecule has 0 aliphatic carbocycles. The molecule has 1 heterocycles. The molecule has 0 radical (unpaired) electrons. The molecule has 78 valence electrons. The molecule has 1 aliphatic heterocycles. The average Bonchev–Trinajstić information content (AvgIpc) is 2.19. The van der Waals surface area contributed by atoms with Crippen LogP contribution in [0.4, 0.5) is 0 Å². The van der Waals surface area contributed by atoms with Crippen LogP contribution in [0.1, 0.15) is 33.6 Å². The zero-order valence-corrected chi connectivity index (χ0v) is 9.12. The summed E-state index contributed by atoms with van der Waals surface area (Å²) in [4.78, 5) is 11.5. The second kappa shape index (κ2) is 5.11. The van der Waals surface area contributed by atoms with Gasteiger partial charge in [0.15, 0.2) is 5.78 Å². The molecule has 0 amide bonds. The summed E-state index contributed by atoms with van der Waals surface area (Å²) in [5.41, 5.74) is 1.25. The molecule has 0 saturated heterocycles. The van der Waals surface area contributed by atoms with Gasteiger partial charge in [0.25, 0.3) is 0 Å². The highest BCUT2D eigenvalue weighted by Crippen LogP contribution is 2.21. The first-order valence-electron chi connectivity index (χ1n) is 5.17. The lowest BCUT2D eigenvalue weighted by Gasteiger charge is -2.27. The summed E-state index contributed by atoms with van der Waals surface area (Å²) in [6.07, 6.45) is 6.98. The van der Waals surface area contributed by atoms with Gasteiger partial charge in [0.1, 0.15) is 6.10 Å². The predicted octanol–water partition coefficient (Wildman–Crippen LogP) is 2.65. The zero-order chi connectivity index (χ0) is 10.6. The van der Waals surface area contributed by atoms with Crippen molar-refractivity contribution in [2.45, 2.75) is 45.8 Å². The van der Waals surface area contributed by atoms with Crippen LogP contribution in [0.3, 0.4) is 0 Å². The number of allylic oxidation sites excluding steroid dienone is 1. The van der Waals surface area contributed by atoms with Crippen LogP contribution in [0, 0.1) is 0 Å². The van der Waals surface area contributed by atoms with Gasteiger partial charge in [-0.25, -0.2) is 0 Å². The Morgan fingerprint density at radius 3 is 3.00 bits per heavy atom. The molecule has 0 aromatic carbocycles. The van der Waals surface area contributed by atoms with Gasteiger partial charge in [0, 0.05) is 0 Å². The number of ether oxygens (including phenoxy) is 1. The van der Waals surface area contributed by atoms with Crippen LogP contribution < -0.4 is 0 Å². The smallest absolute Gasteiger partial charge is 0.184 e. The maximum Gasteiger partial charge on any atom is 0.184 e. The SMILES string of the molecule is C/C=C/C(=O)[C@H]1CC=C(C)[C@@H](CC)O1. The molecule has 0 spiro atoms.